The third kappa shape index (κ3) is 6.47. The summed E-state index contributed by atoms with van der Waals surface area (Å²) in [6.07, 6.45) is -4.54. The summed E-state index contributed by atoms with van der Waals surface area (Å²) in [6.45, 7) is 0. The van der Waals surface area contributed by atoms with Gasteiger partial charge in [-0.1, -0.05) is 11.6 Å². The molecule has 0 spiro atoms. The van der Waals surface area contributed by atoms with Gasteiger partial charge in [-0.25, -0.2) is 0 Å². The molecule has 0 bridgehead atoms. The van der Waals surface area contributed by atoms with Gasteiger partial charge in [-0.3, -0.25) is 15.6 Å². The topological polar surface area (TPSA) is 109 Å². The van der Waals surface area contributed by atoms with Crippen LogP contribution in [0.1, 0.15) is 5.56 Å². The Hall–Kier alpha value is -2.57. The zero-order valence-corrected chi connectivity index (χ0v) is 17.7. The molecule has 7 nitrogen and oxygen atoms in total. The number of hydrogen-bond donors (Lipinski definition) is 5. The molecule has 0 unspecified atom stereocenters. The number of halogens is 4. The van der Waals surface area contributed by atoms with Crippen LogP contribution in [0.25, 0.3) is 0 Å². The summed E-state index contributed by atoms with van der Waals surface area (Å²) in [4.78, 5) is 12.5. The molecule has 13 heteroatoms. The van der Waals surface area contributed by atoms with Gasteiger partial charge in [0.25, 0.3) is 0 Å². The lowest BCUT2D eigenvalue weighted by Gasteiger charge is -2.15. The minimum atomic E-state index is -4.54. The number of carbonyl (C=O) groups excluding carboxylic acids is 1. The van der Waals surface area contributed by atoms with E-state index in [0.717, 1.165) is 30.0 Å². The first-order chi connectivity index (χ1) is 14.0. The third-order valence-electron chi connectivity index (χ3n) is 3.53. The summed E-state index contributed by atoms with van der Waals surface area (Å²) in [5.41, 5.74) is 9.40. The van der Waals surface area contributed by atoms with Gasteiger partial charge in [-0.2, -0.15) is 13.2 Å². The normalized spacial score (nSPS) is 11.0. The number of amides is 1. The van der Waals surface area contributed by atoms with E-state index < -0.39 is 17.6 Å². The van der Waals surface area contributed by atoms with Gasteiger partial charge in [0, 0.05) is 6.07 Å². The first kappa shape index (κ1) is 23.7. The molecule has 2 aromatic rings. The van der Waals surface area contributed by atoms with Crippen LogP contribution >= 0.6 is 35.6 Å². The molecule has 0 heterocycles. The van der Waals surface area contributed by atoms with Crippen molar-refractivity contribution in [2.45, 2.75) is 11.1 Å². The fraction of sp³-hybridized carbons (Fsp3) is 0.176. The largest absolute Gasteiger partial charge is 0.506 e. The highest BCUT2D eigenvalue weighted by Gasteiger charge is 2.31. The summed E-state index contributed by atoms with van der Waals surface area (Å²) >= 11 is 11.9. The van der Waals surface area contributed by atoms with Crippen LogP contribution in [-0.4, -0.2) is 29.0 Å². The number of ether oxygens (including phenoxy) is 1. The van der Waals surface area contributed by atoms with Crippen LogP contribution in [0.3, 0.4) is 0 Å². The van der Waals surface area contributed by atoms with Crippen LogP contribution in [-0.2, 0) is 11.0 Å². The zero-order chi connectivity index (χ0) is 22.5. The number of methoxy groups -OCH3 is 1. The molecule has 162 valence electrons. The summed E-state index contributed by atoms with van der Waals surface area (Å²) in [5, 5.41) is 12.0. The van der Waals surface area contributed by atoms with Crippen molar-refractivity contribution < 1.29 is 27.8 Å². The van der Waals surface area contributed by atoms with Crippen molar-refractivity contribution in [1.29, 1.82) is 0 Å². The molecular weight excluding hydrogens is 465 g/mol. The molecule has 0 aliphatic heterocycles. The predicted octanol–water partition coefficient (Wildman–Crippen LogP) is 3.77. The van der Waals surface area contributed by atoms with Crippen molar-refractivity contribution in [3.63, 3.8) is 0 Å². The molecule has 0 aromatic heterocycles. The van der Waals surface area contributed by atoms with Crippen molar-refractivity contribution in [2.75, 3.05) is 23.9 Å². The maximum absolute atomic E-state index is 12.8. The number of hydrogen-bond acceptors (Lipinski definition) is 6. The lowest BCUT2D eigenvalue weighted by molar-refractivity contribution is -0.137. The first-order valence-electron chi connectivity index (χ1n) is 8.03. The second-order valence-corrected chi connectivity index (χ2v) is 7.50. The van der Waals surface area contributed by atoms with E-state index in [1.807, 2.05) is 0 Å². The van der Waals surface area contributed by atoms with E-state index in [1.165, 1.54) is 19.2 Å². The number of carbonyl (C=O) groups is 1. The summed E-state index contributed by atoms with van der Waals surface area (Å²) < 4.78 is 43.6. The number of rotatable bonds is 5. The number of hydrazine groups is 1. The van der Waals surface area contributed by atoms with Gasteiger partial charge in [0.2, 0.25) is 5.91 Å². The quantitative estimate of drug-likeness (QED) is 0.145. The number of phenols is 1. The molecule has 1 amide bonds. The van der Waals surface area contributed by atoms with E-state index in [4.69, 9.17) is 34.3 Å². The number of alkyl halides is 3. The van der Waals surface area contributed by atoms with Gasteiger partial charge in [0.15, 0.2) is 5.11 Å². The Bertz CT molecular complexity index is 961. The molecule has 30 heavy (non-hydrogen) atoms. The standard InChI is InChI=1S/C17H16ClF3N4O3S2/c1-28-13-5-10(22)12(26)6-14(13)30-7-15(27)24-25-16(29)23-11-4-8(17(19,20)21)2-3-9(11)18/h2-6,26H,7,22H2,1H3,(H,24,27)(H2,23,25,29). The Labute approximate surface area is 184 Å². The van der Waals surface area contributed by atoms with Gasteiger partial charge >= 0.3 is 6.18 Å². The second-order valence-electron chi connectivity index (χ2n) is 5.67. The average molecular weight is 481 g/mol. The monoisotopic (exact) mass is 480 g/mol. The van der Waals surface area contributed by atoms with Gasteiger partial charge in [0.05, 0.1) is 39.7 Å². The van der Waals surface area contributed by atoms with E-state index in [0.29, 0.717) is 10.6 Å². The number of nitrogen functional groups attached to an aromatic ring is 1. The van der Waals surface area contributed by atoms with Gasteiger partial charge in [-0.15, -0.1) is 11.8 Å². The fourth-order valence-electron chi connectivity index (χ4n) is 2.09. The molecule has 0 saturated carbocycles. The van der Waals surface area contributed by atoms with Crippen LogP contribution in [0.2, 0.25) is 5.02 Å². The number of nitrogens with one attached hydrogen (secondary N) is 3. The number of benzene rings is 2. The number of nitrogens with two attached hydrogens (primary N) is 1. The van der Waals surface area contributed by atoms with Gasteiger partial charge in [0.1, 0.15) is 11.5 Å². The van der Waals surface area contributed by atoms with E-state index >= 15 is 0 Å². The number of aromatic hydroxyl groups is 1. The molecule has 0 aliphatic carbocycles. The van der Waals surface area contributed by atoms with Crippen molar-refractivity contribution in [2.24, 2.45) is 0 Å². The average Bonchev–Trinajstić information content (AvgIpc) is 2.67. The van der Waals surface area contributed by atoms with E-state index in [-0.39, 0.29) is 33.0 Å². The minimum Gasteiger partial charge on any atom is -0.506 e. The molecular formula is C17H16ClF3N4O3S2. The van der Waals surface area contributed by atoms with Gasteiger partial charge in [-0.05, 0) is 36.5 Å². The minimum absolute atomic E-state index is 0.0179. The van der Waals surface area contributed by atoms with Crippen LogP contribution in [0.4, 0.5) is 24.5 Å². The lowest BCUT2D eigenvalue weighted by atomic mass is 10.2. The second kappa shape index (κ2) is 9.96. The van der Waals surface area contributed by atoms with Crippen LogP contribution in [0.15, 0.2) is 35.2 Å². The third-order valence-corrected chi connectivity index (χ3v) is 5.10. The molecule has 0 aliphatic rings. The Morgan fingerprint density at radius 2 is 2.00 bits per heavy atom. The highest BCUT2D eigenvalue weighted by Crippen LogP contribution is 2.36. The Morgan fingerprint density at radius 1 is 1.30 bits per heavy atom. The SMILES string of the molecule is COc1cc(N)c(O)cc1SCC(=O)NNC(=S)Nc1cc(C(F)(F)F)ccc1Cl. The fourth-order valence-corrected chi connectivity index (χ4v) is 3.26. The van der Waals surface area contributed by atoms with E-state index in [2.05, 4.69) is 16.2 Å². The number of anilines is 2. The predicted molar refractivity (Wildman–Crippen MR) is 114 cm³/mol. The maximum atomic E-state index is 12.8. The highest BCUT2D eigenvalue weighted by molar-refractivity contribution is 8.00. The summed E-state index contributed by atoms with van der Waals surface area (Å²) in [7, 11) is 1.42. The Kier molecular flexibility index (Phi) is 7.87. The summed E-state index contributed by atoms with van der Waals surface area (Å²) in [5.74, 6) is -0.357. The van der Waals surface area contributed by atoms with Gasteiger partial charge < -0.3 is 20.9 Å². The molecule has 6 N–H and O–H groups in total. The maximum Gasteiger partial charge on any atom is 0.416 e. The smallest absolute Gasteiger partial charge is 0.416 e. The number of phenolic OH excluding ortho intramolecular Hbond substituents is 1. The van der Waals surface area contributed by atoms with Crippen molar-refractivity contribution in [3.8, 4) is 11.5 Å². The zero-order valence-electron chi connectivity index (χ0n) is 15.3. The molecule has 2 aromatic carbocycles. The van der Waals surface area contributed by atoms with Crippen LogP contribution in [0, 0.1) is 0 Å². The van der Waals surface area contributed by atoms with E-state index in [1.54, 1.807) is 0 Å². The highest BCUT2D eigenvalue weighted by atomic mass is 35.5. The van der Waals surface area contributed by atoms with Crippen LogP contribution in [0.5, 0.6) is 11.5 Å². The molecule has 0 radical (unpaired) electrons. The van der Waals surface area contributed by atoms with Crippen molar-refractivity contribution in [1.82, 2.24) is 10.9 Å². The lowest BCUT2D eigenvalue weighted by Crippen LogP contribution is -2.44. The van der Waals surface area contributed by atoms with Crippen molar-refractivity contribution in [3.05, 3.63) is 40.9 Å². The Balaban J connectivity index is 1.90. The van der Waals surface area contributed by atoms with E-state index in [9.17, 15) is 23.1 Å². The molecule has 2 rings (SSSR count). The Morgan fingerprint density at radius 3 is 2.63 bits per heavy atom. The summed E-state index contributed by atoms with van der Waals surface area (Å²) in [6, 6.07) is 5.51. The molecule has 0 atom stereocenters. The van der Waals surface area contributed by atoms with Crippen molar-refractivity contribution >= 4 is 58.0 Å². The van der Waals surface area contributed by atoms with Crippen LogP contribution < -0.4 is 26.6 Å². The molecule has 0 fully saturated rings. The first-order valence-corrected chi connectivity index (χ1v) is 9.80. The number of thioether (sulfide) groups is 1. The molecule has 0 saturated heterocycles. The number of thiocarbonyl (C=S) groups is 1.